The number of nitrogens with zero attached hydrogens (tertiary/aromatic N) is 1. The fourth-order valence-electron chi connectivity index (χ4n) is 3.83. The predicted molar refractivity (Wildman–Crippen MR) is 96.7 cm³/mol. The molecule has 0 saturated carbocycles. The van der Waals surface area contributed by atoms with E-state index in [-0.39, 0.29) is 11.8 Å². The normalized spacial score (nSPS) is 21.8. The molecular weight excluding hydrogens is 332 g/mol. The number of rotatable bonds is 3. The number of methoxy groups -OCH3 is 2. The van der Waals surface area contributed by atoms with Gasteiger partial charge in [0.25, 0.3) is 5.91 Å². The third-order valence-corrected chi connectivity index (χ3v) is 5.06. The molecule has 0 aliphatic carbocycles. The van der Waals surface area contributed by atoms with Crippen molar-refractivity contribution in [2.45, 2.75) is 18.4 Å². The Morgan fingerprint density at radius 3 is 2.38 bits per heavy atom. The van der Waals surface area contributed by atoms with Crippen LogP contribution in [0.4, 0.5) is 5.69 Å². The Hall–Kier alpha value is -2.86. The van der Waals surface area contributed by atoms with Crippen LogP contribution in [0.2, 0.25) is 0 Å². The molecule has 2 aromatic carbocycles. The van der Waals surface area contributed by atoms with Gasteiger partial charge in [0, 0.05) is 0 Å². The third-order valence-electron chi connectivity index (χ3n) is 5.06. The van der Waals surface area contributed by atoms with E-state index in [1.54, 1.807) is 26.4 Å². The van der Waals surface area contributed by atoms with Crippen molar-refractivity contribution in [1.29, 1.82) is 0 Å². The average Bonchev–Trinajstić information content (AvgIpc) is 2.81. The van der Waals surface area contributed by atoms with Gasteiger partial charge in [-0.25, -0.2) is 4.90 Å². The van der Waals surface area contributed by atoms with E-state index in [4.69, 9.17) is 9.47 Å². The van der Waals surface area contributed by atoms with Crippen molar-refractivity contribution < 1.29 is 19.1 Å². The highest BCUT2D eigenvalue weighted by Crippen LogP contribution is 2.41. The van der Waals surface area contributed by atoms with Crippen LogP contribution in [0.15, 0.2) is 42.5 Å². The summed E-state index contributed by atoms with van der Waals surface area (Å²) in [7, 11) is 3.15. The van der Waals surface area contributed by atoms with Gasteiger partial charge in [-0.3, -0.25) is 9.59 Å². The van der Waals surface area contributed by atoms with Crippen molar-refractivity contribution >= 4 is 17.5 Å². The minimum Gasteiger partial charge on any atom is -0.493 e. The van der Waals surface area contributed by atoms with Gasteiger partial charge in [0.15, 0.2) is 11.5 Å². The van der Waals surface area contributed by atoms with E-state index in [1.165, 1.54) is 4.90 Å². The van der Waals surface area contributed by atoms with E-state index in [1.807, 2.05) is 30.3 Å². The van der Waals surface area contributed by atoms with E-state index >= 15 is 0 Å². The second-order valence-corrected chi connectivity index (χ2v) is 6.41. The zero-order chi connectivity index (χ0) is 18.3. The number of anilines is 1. The number of carbonyl (C=O) groups is 2. The highest BCUT2D eigenvalue weighted by Gasteiger charge is 2.50. The van der Waals surface area contributed by atoms with Gasteiger partial charge < -0.3 is 14.8 Å². The van der Waals surface area contributed by atoms with Crippen molar-refractivity contribution in [3.63, 3.8) is 0 Å². The van der Waals surface area contributed by atoms with Gasteiger partial charge in [0.05, 0.1) is 25.8 Å². The number of nitrogens with one attached hydrogen (secondary N) is 1. The molecule has 2 heterocycles. The molecule has 1 fully saturated rings. The molecule has 2 amide bonds. The first-order valence-corrected chi connectivity index (χ1v) is 8.56. The van der Waals surface area contributed by atoms with Crippen molar-refractivity contribution in [2.75, 3.05) is 25.7 Å². The van der Waals surface area contributed by atoms with Crippen molar-refractivity contribution in [3.8, 4) is 11.5 Å². The highest BCUT2D eigenvalue weighted by atomic mass is 16.5. The maximum atomic E-state index is 13.2. The van der Waals surface area contributed by atoms with E-state index in [0.717, 1.165) is 11.1 Å². The van der Waals surface area contributed by atoms with Crippen LogP contribution in [0, 0.1) is 0 Å². The Morgan fingerprint density at radius 2 is 1.69 bits per heavy atom. The van der Waals surface area contributed by atoms with Crippen LogP contribution in [0.5, 0.6) is 11.5 Å². The Kier molecular flexibility index (Phi) is 4.12. The smallest absolute Gasteiger partial charge is 0.252 e. The number of amides is 2. The Labute approximate surface area is 151 Å². The van der Waals surface area contributed by atoms with Gasteiger partial charge in [-0.15, -0.1) is 0 Å². The number of ether oxygens (including phenoxy) is 2. The molecule has 0 unspecified atom stereocenters. The molecule has 6 nitrogen and oxygen atoms in total. The van der Waals surface area contributed by atoms with E-state index in [9.17, 15) is 9.59 Å². The van der Waals surface area contributed by atoms with Gasteiger partial charge in [-0.1, -0.05) is 18.2 Å². The molecule has 2 aliphatic rings. The first-order chi connectivity index (χ1) is 12.7. The standard InChI is InChI=1S/C20H20N2O4/c1-25-15-10-12-8-9-21-18-17(14(12)11-16(15)26-2)19(23)22(20(18)24)13-6-4-3-5-7-13/h3-7,10-11,17-18,21H,8-9H2,1-2H3/t17-,18+/m1/s1. The zero-order valence-corrected chi connectivity index (χ0v) is 14.7. The van der Waals surface area contributed by atoms with Gasteiger partial charge in [0.1, 0.15) is 6.04 Å². The van der Waals surface area contributed by atoms with E-state index in [2.05, 4.69) is 5.32 Å². The molecule has 1 N–H and O–H groups in total. The summed E-state index contributed by atoms with van der Waals surface area (Å²) in [5, 5.41) is 3.25. The summed E-state index contributed by atoms with van der Waals surface area (Å²) in [5.41, 5.74) is 2.42. The van der Waals surface area contributed by atoms with E-state index < -0.39 is 12.0 Å². The van der Waals surface area contributed by atoms with Crippen molar-refractivity contribution in [1.82, 2.24) is 5.32 Å². The molecule has 2 aliphatic heterocycles. The minimum atomic E-state index is -0.569. The number of benzene rings is 2. The average molecular weight is 352 g/mol. The van der Waals surface area contributed by atoms with Gasteiger partial charge in [-0.05, 0) is 48.4 Å². The summed E-state index contributed by atoms with van der Waals surface area (Å²) in [4.78, 5) is 27.5. The van der Waals surface area contributed by atoms with Crippen LogP contribution in [-0.2, 0) is 16.0 Å². The van der Waals surface area contributed by atoms with Crippen LogP contribution < -0.4 is 19.7 Å². The Morgan fingerprint density at radius 1 is 1.00 bits per heavy atom. The molecule has 6 heteroatoms. The number of hydrogen-bond donors (Lipinski definition) is 1. The number of imide groups is 1. The van der Waals surface area contributed by atoms with Gasteiger partial charge in [0.2, 0.25) is 5.91 Å². The zero-order valence-electron chi connectivity index (χ0n) is 14.7. The fraction of sp³-hybridized carbons (Fsp3) is 0.300. The molecule has 26 heavy (non-hydrogen) atoms. The quantitative estimate of drug-likeness (QED) is 0.855. The lowest BCUT2D eigenvalue weighted by molar-refractivity contribution is -0.121. The summed E-state index contributed by atoms with van der Waals surface area (Å²) in [6.45, 7) is 0.616. The summed E-state index contributed by atoms with van der Waals surface area (Å²) >= 11 is 0. The molecule has 4 rings (SSSR count). The number of fused-ring (bicyclic) bond motifs is 3. The maximum Gasteiger partial charge on any atom is 0.252 e. The van der Waals surface area contributed by atoms with Gasteiger partial charge >= 0.3 is 0 Å². The molecule has 0 radical (unpaired) electrons. The molecule has 2 atom stereocenters. The van der Waals surface area contributed by atoms with Crippen molar-refractivity contribution in [2.24, 2.45) is 0 Å². The lowest BCUT2D eigenvalue weighted by Gasteiger charge is -2.18. The maximum absolute atomic E-state index is 13.2. The van der Waals surface area contributed by atoms with Crippen molar-refractivity contribution in [3.05, 3.63) is 53.6 Å². The Bertz CT molecular complexity index is 866. The van der Waals surface area contributed by atoms with Crippen LogP contribution in [0.1, 0.15) is 17.0 Å². The molecule has 134 valence electrons. The monoisotopic (exact) mass is 352 g/mol. The molecular formula is C20H20N2O4. The second kappa shape index (κ2) is 6.46. The molecule has 0 bridgehead atoms. The van der Waals surface area contributed by atoms with Crippen LogP contribution in [0.3, 0.4) is 0 Å². The summed E-state index contributed by atoms with van der Waals surface area (Å²) < 4.78 is 10.8. The second-order valence-electron chi connectivity index (χ2n) is 6.41. The van der Waals surface area contributed by atoms with Crippen LogP contribution in [-0.4, -0.2) is 38.6 Å². The minimum absolute atomic E-state index is 0.214. The molecule has 0 spiro atoms. The summed E-state index contributed by atoms with van der Waals surface area (Å²) in [5.74, 6) is 0.189. The summed E-state index contributed by atoms with van der Waals surface area (Å²) in [6, 6.07) is 12.2. The molecule has 2 aromatic rings. The number of hydrogen-bond acceptors (Lipinski definition) is 5. The number of para-hydroxylation sites is 1. The lowest BCUT2D eigenvalue weighted by Crippen LogP contribution is -2.40. The first kappa shape index (κ1) is 16.6. The third kappa shape index (κ3) is 2.45. The lowest BCUT2D eigenvalue weighted by atomic mass is 9.89. The first-order valence-electron chi connectivity index (χ1n) is 8.56. The van der Waals surface area contributed by atoms with Crippen LogP contribution >= 0.6 is 0 Å². The molecule has 1 saturated heterocycles. The SMILES string of the molecule is COc1cc2c(cc1OC)[C@H]1C(=O)N(c3ccccc3)C(=O)[C@H]1NCC2. The fourth-order valence-corrected chi connectivity index (χ4v) is 3.83. The predicted octanol–water partition coefficient (Wildman–Crippen LogP) is 1.88. The number of carbonyl (C=O) groups excluding carboxylic acids is 2. The van der Waals surface area contributed by atoms with E-state index in [0.29, 0.717) is 30.2 Å². The van der Waals surface area contributed by atoms with Gasteiger partial charge in [-0.2, -0.15) is 0 Å². The van der Waals surface area contributed by atoms with Crippen LogP contribution in [0.25, 0.3) is 0 Å². The summed E-state index contributed by atoms with van der Waals surface area (Å²) in [6.07, 6.45) is 0.717. The largest absolute Gasteiger partial charge is 0.493 e. The highest BCUT2D eigenvalue weighted by molar-refractivity contribution is 6.25. The Balaban J connectivity index is 1.83. The molecule has 0 aromatic heterocycles. The topological polar surface area (TPSA) is 67.9 Å².